The standard InChI is InChI=1S/C6H13N3O2/c1-11-6(10)4-5(7)9-3-2-8-4/h4-5,8-9H,2-3,7H2,1H3. The second-order valence-corrected chi connectivity index (χ2v) is 2.43. The van der Waals surface area contributed by atoms with Gasteiger partial charge in [-0.05, 0) is 0 Å². The molecule has 1 fully saturated rings. The summed E-state index contributed by atoms with van der Waals surface area (Å²) in [5, 5.41) is 5.92. The van der Waals surface area contributed by atoms with Crippen molar-refractivity contribution in [2.75, 3.05) is 20.2 Å². The summed E-state index contributed by atoms with van der Waals surface area (Å²) in [5.41, 5.74) is 5.58. The highest BCUT2D eigenvalue weighted by molar-refractivity contribution is 5.76. The molecule has 0 aromatic carbocycles. The number of rotatable bonds is 1. The third-order valence-corrected chi connectivity index (χ3v) is 1.68. The normalized spacial score (nSPS) is 31.5. The Bertz CT molecular complexity index is 151. The van der Waals surface area contributed by atoms with Crippen LogP contribution in [0.2, 0.25) is 0 Å². The largest absolute Gasteiger partial charge is 0.468 e. The number of ether oxygens (including phenoxy) is 1. The topological polar surface area (TPSA) is 76.4 Å². The second kappa shape index (κ2) is 3.66. The number of carbonyl (C=O) groups is 1. The Morgan fingerprint density at radius 3 is 2.73 bits per heavy atom. The molecule has 0 aromatic heterocycles. The van der Waals surface area contributed by atoms with Crippen molar-refractivity contribution in [1.82, 2.24) is 10.6 Å². The number of esters is 1. The quantitative estimate of drug-likeness (QED) is 0.386. The summed E-state index contributed by atoms with van der Waals surface area (Å²) < 4.78 is 4.54. The maximum Gasteiger partial charge on any atom is 0.325 e. The van der Waals surface area contributed by atoms with E-state index in [-0.39, 0.29) is 12.1 Å². The van der Waals surface area contributed by atoms with E-state index >= 15 is 0 Å². The van der Waals surface area contributed by atoms with Gasteiger partial charge < -0.3 is 15.8 Å². The Kier molecular flexibility index (Phi) is 2.81. The molecule has 0 aliphatic carbocycles. The van der Waals surface area contributed by atoms with Gasteiger partial charge in [0.15, 0.2) is 0 Å². The van der Waals surface area contributed by atoms with Crippen molar-refractivity contribution in [3.05, 3.63) is 0 Å². The molecule has 2 unspecified atom stereocenters. The van der Waals surface area contributed by atoms with Gasteiger partial charge in [0.1, 0.15) is 6.04 Å². The van der Waals surface area contributed by atoms with Crippen molar-refractivity contribution in [2.45, 2.75) is 12.2 Å². The van der Waals surface area contributed by atoms with Crippen LogP contribution in [0.1, 0.15) is 0 Å². The Morgan fingerprint density at radius 1 is 1.55 bits per heavy atom. The third kappa shape index (κ3) is 1.89. The summed E-state index contributed by atoms with van der Waals surface area (Å²) in [6.07, 6.45) is -0.337. The first-order chi connectivity index (χ1) is 5.25. The summed E-state index contributed by atoms with van der Waals surface area (Å²) in [7, 11) is 1.35. The molecule has 0 radical (unpaired) electrons. The molecule has 0 bridgehead atoms. The number of hydrogen-bond donors (Lipinski definition) is 3. The van der Waals surface area contributed by atoms with Crippen LogP contribution in [0.3, 0.4) is 0 Å². The van der Waals surface area contributed by atoms with E-state index in [0.717, 1.165) is 13.1 Å². The number of nitrogens with two attached hydrogens (primary N) is 1. The second-order valence-electron chi connectivity index (χ2n) is 2.43. The fourth-order valence-electron chi connectivity index (χ4n) is 1.07. The summed E-state index contributed by atoms with van der Waals surface area (Å²) in [6, 6.07) is -0.409. The molecule has 0 aromatic rings. The minimum absolute atomic E-state index is 0.315. The van der Waals surface area contributed by atoms with Crippen molar-refractivity contribution in [3.8, 4) is 0 Å². The molecule has 64 valence electrons. The third-order valence-electron chi connectivity index (χ3n) is 1.68. The van der Waals surface area contributed by atoms with Gasteiger partial charge in [0.25, 0.3) is 0 Å². The zero-order chi connectivity index (χ0) is 8.27. The van der Waals surface area contributed by atoms with Gasteiger partial charge in [0.2, 0.25) is 0 Å². The molecule has 5 heteroatoms. The van der Waals surface area contributed by atoms with E-state index in [9.17, 15) is 4.79 Å². The highest BCUT2D eigenvalue weighted by Crippen LogP contribution is 1.94. The highest BCUT2D eigenvalue weighted by atomic mass is 16.5. The number of methoxy groups -OCH3 is 1. The first-order valence-corrected chi connectivity index (χ1v) is 3.56. The fraction of sp³-hybridized carbons (Fsp3) is 0.833. The number of nitrogens with one attached hydrogen (secondary N) is 2. The lowest BCUT2D eigenvalue weighted by Gasteiger charge is -2.28. The van der Waals surface area contributed by atoms with Crippen LogP contribution in [0.15, 0.2) is 0 Å². The maximum absolute atomic E-state index is 11.0. The zero-order valence-corrected chi connectivity index (χ0v) is 6.46. The Morgan fingerprint density at radius 2 is 2.18 bits per heavy atom. The predicted molar refractivity (Wildman–Crippen MR) is 39.8 cm³/mol. The molecule has 1 heterocycles. The molecule has 1 saturated heterocycles. The van der Waals surface area contributed by atoms with E-state index < -0.39 is 6.04 Å². The zero-order valence-electron chi connectivity index (χ0n) is 6.46. The van der Waals surface area contributed by atoms with Crippen LogP contribution in [0, 0.1) is 0 Å². The molecular formula is C6H13N3O2. The van der Waals surface area contributed by atoms with E-state index in [1.165, 1.54) is 7.11 Å². The van der Waals surface area contributed by atoms with Gasteiger partial charge in [0, 0.05) is 13.1 Å². The SMILES string of the molecule is COC(=O)C1NCCNC1N. The number of piperazine rings is 1. The van der Waals surface area contributed by atoms with Gasteiger partial charge in [-0.1, -0.05) is 0 Å². The van der Waals surface area contributed by atoms with Gasteiger partial charge in [-0.15, -0.1) is 0 Å². The molecule has 5 nitrogen and oxygen atoms in total. The van der Waals surface area contributed by atoms with Gasteiger partial charge in [-0.25, -0.2) is 0 Å². The van der Waals surface area contributed by atoms with Crippen molar-refractivity contribution < 1.29 is 9.53 Å². The van der Waals surface area contributed by atoms with Crippen LogP contribution in [0.4, 0.5) is 0 Å². The van der Waals surface area contributed by atoms with Crippen molar-refractivity contribution in [2.24, 2.45) is 5.73 Å². The van der Waals surface area contributed by atoms with Crippen LogP contribution < -0.4 is 16.4 Å². The highest BCUT2D eigenvalue weighted by Gasteiger charge is 2.27. The molecule has 1 aliphatic heterocycles. The van der Waals surface area contributed by atoms with Gasteiger partial charge in [-0.3, -0.25) is 10.1 Å². The van der Waals surface area contributed by atoms with Crippen molar-refractivity contribution in [3.63, 3.8) is 0 Å². The first-order valence-electron chi connectivity index (χ1n) is 3.56. The van der Waals surface area contributed by atoms with Crippen LogP contribution >= 0.6 is 0 Å². The lowest BCUT2D eigenvalue weighted by molar-refractivity contribution is -0.144. The minimum atomic E-state index is -0.409. The molecular weight excluding hydrogens is 146 g/mol. The lowest BCUT2D eigenvalue weighted by Crippen LogP contribution is -2.63. The van der Waals surface area contributed by atoms with E-state index in [1.807, 2.05) is 0 Å². The number of carbonyl (C=O) groups excluding carboxylic acids is 1. The van der Waals surface area contributed by atoms with Gasteiger partial charge >= 0.3 is 5.97 Å². The molecule has 0 amide bonds. The summed E-state index contributed by atoms with van der Waals surface area (Å²) in [6.45, 7) is 1.53. The van der Waals surface area contributed by atoms with E-state index in [2.05, 4.69) is 15.4 Å². The fourth-order valence-corrected chi connectivity index (χ4v) is 1.07. The molecule has 11 heavy (non-hydrogen) atoms. The monoisotopic (exact) mass is 159 g/mol. The van der Waals surface area contributed by atoms with Crippen molar-refractivity contribution >= 4 is 5.97 Å². The Labute approximate surface area is 65.3 Å². The van der Waals surface area contributed by atoms with Crippen LogP contribution in [0.25, 0.3) is 0 Å². The van der Waals surface area contributed by atoms with Crippen LogP contribution in [0.5, 0.6) is 0 Å². The van der Waals surface area contributed by atoms with Crippen LogP contribution in [-0.2, 0) is 9.53 Å². The van der Waals surface area contributed by atoms with E-state index in [1.54, 1.807) is 0 Å². The van der Waals surface area contributed by atoms with Crippen LogP contribution in [-0.4, -0.2) is 38.4 Å². The molecule has 1 rings (SSSR count). The number of hydrogen-bond acceptors (Lipinski definition) is 5. The first kappa shape index (κ1) is 8.45. The molecule has 4 N–H and O–H groups in total. The van der Waals surface area contributed by atoms with Gasteiger partial charge in [0.05, 0.1) is 13.3 Å². The minimum Gasteiger partial charge on any atom is -0.468 e. The van der Waals surface area contributed by atoms with Crippen molar-refractivity contribution in [1.29, 1.82) is 0 Å². The summed E-state index contributed by atoms with van der Waals surface area (Å²) in [5.74, 6) is -0.315. The van der Waals surface area contributed by atoms with E-state index in [0.29, 0.717) is 0 Å². The average molecular weight is 159 g/mol. The molecule has 1 aliphatic rings. The summed E-state index contributed by atoms with van der Waals surface area (Å²) in [4.78, 5) is 11.0. The predicted octanol–water partition coefficient (Wildman–Crippen LogP) is -1.99. The maximum atomic E-state index is 11.0. The Balaban J connectivity index is 2.47. The lowest BCUT2D eigenvalue weighted by atomic mass is 10.2. The van der Waals surface area contributed by atoms with E-state index in [4.69, 9.17) is 5.73 Å². The van der Waals surface area contributed by atoms with Gasteiger partial charge in [-0.2, -0.15) is 0 Å². The molecule has 0 saturated carbocycles. The molecule has 2 atom stereocenters. The smallest absolute Gasteiger partial charge is 0.325 e. The Hall–Kier alpha value is -0.650. The molecule has 0 spiro atoms. The average Bonchev–Trinajstić information content (AvgIpc) is 2.04. The summed E-state index contributed by atoms with van der Waals surface area (Å²) >= 11 is 0.